The standard InChI is InChI=1S/C42H28N6O2/c1-49-27-19-15-25(16-20-27)39-44-40(26-17-21-28(50-2)22-18-26)46-42(45-39)48-34-12-6-3-9-29(34)30-23-24-32-37(38(30)48)31-10-4-7-13-35(31)47-36-14-8-5-11-33(36)43-41(32)47/h3-24H,1-2H3. The number of para-hydroxylation sites is 4. The Kier molecular flexibility index (Phi) is 6.13. The van der Waals surface area contributed by atoms with Crippen LogP contribution in [0.4, 0.5) is 0 Å². The highest BCUT2D eigenvalue weighted by atomic mass is 16.5. The summed E-state index contributed by atoms with van der Waals surface area (Å²) in [5.74, 6) is 3.16. The van der Waals surface area contributed by atoms with Gasteiger partial charge in [0.25, 0.3) is 0 Å². The lowest BCUT2D eigenvalue weighted by molar-refractivity contribution is 0.415. The fourth-order valence-electron chi connectivity index (χ4n) is 7.26. The van der Waals surface area contributed by atoms with Crippen LogP contribution in [0.3, 0.4) is 0 Å². The van der Waals surface area contributed by atoms with Crippen LogP contribution in [0.25, 0.3) is 88.9 Å². The van der Waals surface area contributed by atoms with E-state index in [0.29, 0.717) is 17.6 Å². The van der Waals surface area contributed by atoms with Crippen LogP contribution in [0.2, 0.25) is 0 Å². The molecule has 4 aromatic heterocycles. The fourth-order valence-corrected chi connectivity index (χ4v) is 7.26. The topological polar surface area (TPSA) is 79.4 Å². The van der Waals surface area contributed by atoms with E-state index in [1.54, 1.807) is 14.2 Å². The number of pyridine rings is 1. The van der Waals surface area contributed by atoms with Gasteiger partial charge in [-0.25, -0.2) is 9.97 Å². The van der Waals surface area contributed by atoms with Crippen molar-refractivity contribution < 1.29 is 9.47 Å². The fraction of sp³-hybridized carbons (Fsp3) is 0.0476. The molecule has 0 amide bonds. The van der Waals surface area contributed by atoms with Crippen molar-refractivity contribution in [2.24, 2.45) is 0 Å². The molecular formula is C42H28N6O2. The van der Waals surface area contributed by atoms with Gasteiger partial charge in [-0.1, -0.05) is 54.6 Å². The second kappa shape index (κ2) is 10.9. The molecular weight excluding hydrogens is 621 g/mol. The summed E-state index contributed by atoms with van der Waals surface area (Å²) in [6, 6.07) is 45.3. The third-order valence-corrected chi connectivity index (χ3v) is 9.57. The zero-order valence-electron chi connectivity index (χ0n) is 27.2. The van der Waals surface area contributed by atoms with E-state index < -0.39 is 0 Å². The molecule has 0 unspecified atom stereocenters. The van der Waals surface area contributed by atoms with E-state index in [1.807, 2.05) is 54.6 Å². The number of aromatic nitrogens is 6. The molecule has 0 saturated heterocycles. The van der Waals surface area contributed by atoms with Crippen molar-refractivity contribution in [3.05, 3.63) is 133 Å². The molecule has 0 N–H and O–H groups in total. The lowest BCUT2D eigenvalue weighted by Gasteiger charge is -2.14. The number of ether oxygens (including phenoxy) is 2. The first-order valence-corrected chi connectivity index (χ1v) is 16.4. The van der Waals surface area contributed by atoms with Crippen molar-refractivity contribution in [3.8, 4) is 40.2 Å². The highest BCUT2D eigenvalue weighted by Gasteiger charge is 2.23. The molecule has 0 fully saturated rings. The highest BCUT2D eigenvalue weighted by molar-refractivity contribution is 6.27. The van der Waals surface area contributed by atoms with Gasteiger partial charge in [-0.15, -0.1) is 0 Å². The number of fused-ring (bicyclic) bond motifs is 12. The summed E-state index contributed by atoms with van der Waals surface area (Å²) in [4.78, 5) is 20.6. The van der Waals surface area contributed by atoms with Crippen molar-refractivity contribution in [2.45, 2.75) is 0 Å². The van der Waals surface area contributed by atoms with Crippen molar-refractivity contribution in [3.63, 3.8) is 0 Å². The van der Waals surface area contributed by atoms with Gasteiger partial charge >= 0.3 is 0 Å². The van der Waals surface area contributed by atoms with E-state index in [0.717, 1.165) is 82.8 Å². The lowest BCUT2D eigenvalue weighted by atomic mass is 10.0. The van der Waals surface area contributed by atoms with Crippen LogP contribution in [0.15, 0.2) is 133 Å². The normalized spacial score (nSPS) is 11.8. The van der Waals surface area contributed by atoms with Crippen LogP contribution < -0.4 is 9.47 Å². The predicted molar refractivity (Wildman–Crippen MR) is 199 cm³/mol. The first-order chi connectivity index (χ1) is 24.7. The van der Waals surface area contributed by atoms with Crippen LogP contribution in [0, 0.1) is 0 Å². The highest BCUT2D eigenvalue weighted by Crippen LogP contribution is 2.41. The molecule has 0 bridgehead atoms. The van der Waals surface area contributed by atoms with Crippen LogP contribution >= 0.6 is 0 Å². The summed E-state index contributed by atoms with van der Waals surface area (Å²) in [6.07, 6.45) is 0. The Morgan fingerprint density at radius 3 is 1.68 bits per heavy atom. The molecule has 0 aliphatic heterocycles. The molecule has 8 nitrogen and oxygen atoms in total. The molecule has 10 aromatic rings. The summed E-state index contributed by atoms with van der Waals surface area (Å²) in [5, 5.41) is 5.48. The molecule has 0 aliphatic carbocycles. The number of rotatable bonds is 5. The van der Waals surface area contributed by atoms with Gasteiger partial charge in [0.15, 0.2) is 11.6 Å². The maximum atomic E-state index is 5.45. The van der Waals surface area contributed by atoms with Crippen LogP contribution in [0.5, 0.6) is 11.5 Å². The smallest absolute Gasteiger partial charge is 0.238 e. The van der Waals surface area contributed by atoms with Gasteiger partial charge in [0.05, 0.1) is 41.8 Å². The summed E-state index contributed by atoms with van der Waals surface area (Å²) >= 11 is 0. The van der Waals surface area contributed by atoms with Gasteiger partial charge in [0.1, 0.15) is 17.1 Å². The summed E-state index contributed by atoms with van der Waals surface area (Å²) < 4.78 is 15.4. The maximum Gasteiger partial charge on any atom is 0.238 e. The Hall–Kier alpha value is -6.80. The minimum Gasteiger partial charge on any atom is -0.497 e. The van der Waals surface area contributed by atoms with Crippen LogP contribution in [-0.4, -0.2) is 43.1 Å². The molecule has 0 saturated carbocycles. The number of imidazole rings is 1. The van der Waals surface area contributed by atoms with E-state index in [1.165, 1.54) is 0 Å². The average molecular weight is 649 g/mol. The molecule has 0 spiro atoms. The van der Waals surface area contributed by atoms with Crippen LogP contribution in [0.1, 0.15) is 0 Å². The summed E-state index contributed by atoms with van der Waals surface area (Å²) in [5.41, 5.74) is 7.75. The number of hydrogen-bond acceptors (Lipinski definition) is 6. The predicted octanol–water partition coefficient (Wildman–Crippen LogP) is 9.43. The van der Waals surface area contributed by atoms with Gasteiger partial charge in [-0.2, -0.15) is 9.97 Å². The van der Waals surface area contributed by atoms with Gasteiger partial charge in [-0.05, 0) is 78.9 Å². The third-order valence-electron chi connectivity index (χ3n) is 9.57. The quantitative estimate of drug-likeness (QED) is 0.173. The van der Waals surface area contributed by atoms with Crippen molar-refractivity contribution in [1.82, 2.24) is 28.9 Å². The van der Waals surface area contributed by atoms with Crippen molar-refractivity contribution in [2.75, 3.05) is 14.2 Å². The second-order valence-corrected chi connectivity index (χ2v) is 12.3. The maximum absolute atomic E-state index is 5.45. The zero-order valence-corrected chi connectivity index (χ0v) is 27.2. The molecule has 6 aromatic carbocycles. The van der Waals surface area contributed by atoms with E-state index in [9.17, 15) is 0 Å². The molecule has 238 valence electrons. The average Bonchev–Trinajstić information content (AvgIpc) is 3.74. The molecule has 4 heterocycles. The largest absolute Gasteiger partial charge is 0.497 e. The minimum absolute atomic E-state index is 0.521. The van der Waals surface area contributed by atoms with Gasteiger partial charge in [0, 0.05) is 38.1 Å². The number of nitrogens with zero attached hydrogens (tertiary/aromatic N) is 6. The van der Waals surface area contributed by atoms with E-state index in [-0.39, 0.29) is 0 Å². The Labute approximate surface area is 285 Å². The summed E-state index contributed by atoms with van der Waals surface area (Å²) in [7, 11) is 3.32. The SMILES string of the molecule is COc1ccc(-c2nc(-c3ccc(OC)cc3)nc(-n3c4ccccc4c4ccc5c(c6ccccc6n6c7ccccc7nc56)c43)n2)cc1. The lowest BCUT2D eigenvalue weighted by Crippen LogP contribution is -2.07. The number of hydrogen-bond donors (Lipinski definition) is 0. The molecule has 10 rings (SSSR count). The van der Waals surface area contributed by atoms with E-state index >= 15 is 0 Å². The number of methoxy groups -OCH3 is 2. The molecule has 0 radical (unpaired) electrons. The Balaban J connectivity index is 1.36. The van der Waals surface area contributed by atoms with Crippen LogP contribution in [-0.2, 0) is 0 Å². The van der Waals surface area contributed by atoms with Gasteiger partial charge in [0.2, 0.25) is 5.95 Å². The number of benzene rings is 6. The Morgan fingerprint density at radius 1 is 0.460 bits per heavy atom. The first-order valence-electron chi connectivity index (χ1n) is 16.4. The first kappa shape index (κ1) is 28.2. The van der Waals surface area contributed by atoms with E-state index in [4.69, 9.17) is 29.4 Å². The monoisotopic (exact) mass is 648 g/mol. The van der Waals surface area contributed by atoms with Crippen molar-refractivity contribution >= 4 is 60.2 Å². The molecule has 0 atom stereocenters. The van der Waals surface area contributed by atoms with Gasteiger partial charge < -0.3 is 9.47 Å². The second-order valence-electron chi connectivity index (χ2n) is 12.3. The molecule has 8 heteroatoms. The van der Waals surface area contributed by atoms with Crippen molar-refractivity contribution in [1.29, 1.82) is 0 Å². The Morgan fingerprint density at radius 2 is 1.02 bits per heavy atom. The molecule has 50 heavy (non-hydrogen) atoms. The summed E-state index contributed by atoms with van der Waals surface area (Å²) in [6.45, 7) is 0. The van der Waals surface area contributed by atoms with Gasteiger partial charge in [-0.3, -0.25) is 8.97 Å². The zero-order chi connectivity index (χ0) is 33.3. The minimum atomic E-state index is 0.521. The van der Waals surface area contributed by atoms with E-state index in [2.05, 4.69) is 87.8 Å². The Bertz CT molecular complexity index is 2880. The molecule has 0 aliphatic rings. The third kappa shape index (κ3) is 4.12.